The van der Waals surface area contributed by atoms with E-state index < -0.39 is 0 Å². The van der Waals surface area contributed by atoms with E-state index in [1.165, 1.54) is 0 Å². The van der Waals surface area contributed by atoms with Crippen LogP contribution in [0, 0.1) is 0 Å². The van der Waals surface area contributed by atoms with Gasteiger partial charge in [-0.1, -0.05) is 41.9 Å². The molecule has 0 aliphatic carbocycles. The van der Waals surface area contributed by atoms with Gasteiger partial charge in [0.05, 0.1) is 5.69 Å². The van der Waals surface area contributed by atoms with E-state index in [1.54, 1.807) is 22.8 Å². The number of ether oxygens (including phenoxy) is 1. The third kappa shape index (κ3) is 2.91. The standard InChI is InChI=1S/C17H12ClN5O/c18-15-10-13(8-9-19-15)24-11-17-21-20-16-7-6-14(22-23(16)17)12-4-2-1-3-5-12/h1-10H,11H2. The molecule has 0 bridgehead atoms. The lowest BCUT2D eigenvalue weighted by molar-refractivity contribution is 0.292. The van der Waals surface area contributed by atoms with Crippen LogP contribution in [0.2, 0.25) is 5.15 Å². The molecule has 0 saturated carbocycles. The summed E-state index contributed by atoms with van der Waals surface area (Å²) in [6, 6.07) is 17.1. The Bertz CT molecular complexity index is 987. The number of pyridine rings is 1. The molecule has 3 heterocycles. The summed E-state index contributed by atoms with van der Waals surface area (Å²) in [7, 11) is 0. The van der Waals surface area contributed by atoms with Crippen LogP contribution < -0.4 is 4.74 Å². The molecule has 0 saturated heterocycles. The number of nitrogens with zero attached hydrogens (tertiary/aromatic N) is 5. The van der Waals surface area contributed by atoms with E-state index in [4.69, 9.17) is 16.3 Å². The molecule has 0 amide bonds. The minimum Gasteiger partial charge on any atom is -0.485 e. The normalized spacial score (nSPS) is 10.9. The Balaban J connectivity index is 1.64. The molecular formula is C17H12ClN5O. The van der Waals surface area contributed by atoms with Crippen molar-refractivity contribution in [2.75, 3.05) is 0 Å². The molecule has 1 aromatic carbocycles. The molecule has 6 nitrogen and oxygen atoms in total. The van der Waals surface area contributed by atoms with Crippen LogP contribution >= 0.6 is 11.6 Å². The van der Waals surface area contributed by atoms with Gasteiger partial charge in [-0.3, -0.25) is 0 Å². The largest absolute Gasteiger partial charge is 0.485 e. The predicted molar refractivity (Wildman–Crippen MR) is 89.8 cm³/mol. The van der Waals surface area contributed by atoms with Gasteiger partial charge in [0.1, 0.15) is 17.5 Å². The Labute approximate surface area is 142 Å². The van der Waals surface area contributed by atoms with E-state index in [-0.39, 0.29) is 6.61 Å². The first-order chi connectivity index (χ1) is 11.8. The molecule has 24 heavy (non-hydrogen) atoms. The molecule has 0 fully saturated rings. The SMILES string of the molecule is Clc1cc(OCc2nnc3ccc(-c4ccccc4)nn23)ccn1. The lowest BCUT2D eigenvalue weighted by Crippen LogP contribution is -2.04. The maximum atomic E-state index is 5.85. The van der Waals surface area contributed by atoms with E-state index in [9.17, 15) is 0 Å². The van der Waals surface area contributed by atoms with Gasteiger partial charge in [0, 0.05) is 17.8 Å². The van der Waals surface area contributed by atoms with Crippen molar-refractivity contribution >= 4 is 17.2 Å². The van der Waals surface area contributed by atoms with Gasteiger partial charge in [0.15, 0.2) is 11.5 Å². The minimum atomic E-state index is 0.229. The zero-order chi connectivity index (χ0) is 16.4. The molecule has 0 N–H and O–H groups in total. The average molecular weight is 338 g/mol. The van der Waals surface area contributed by atoms with Gasteiger partial charge in [-0.2, -0.15) is 9.61 Å². The quantitative estimate of drug-likeness (QED) is 0.534. The number of fused-ring (bicyclic) bond motifs is 1. The first kappa shape index (κ1) is 14.6. The molecule has 3 aromatic heterocycles. The molecule has 0 aliphatic heterocycles. The maximum Gasteiger partial charge on any atom is 0.192 e. The summed E-state index contributed by atoms with van der Waals surface area (Å²) in [5.41, 5.74) is 2.54. The topological polar surface area (TPSA) is 65.2 Å². The number of hydrogen-bond acceptors (Lipinski definition) is 5. The molecule has 4 aromatic rings. The van der Waals surface area contributed by atoms with E-state index in [0.717, 1.165) is 11.3 Å². The van der Waals surface area contributed by atoms with Crippen molar-refractivity contribution in [3.05, 3.63) is 71.8 Å². The summed E-state index contributed by atoms with van der Waals surface area (Å²) >= 11 is 5.85. The van der Waals surface area contributed by atoms with Gasteiger partial charge >= 0.3 is 0 Å². The average Bonchev–Trinajstić information content (AvgIpc) is 3.03. The number of halogens is 1. The fourth-order valence-electron chi connectivity index (χ4n) is 2.31. The number of benzene rings is 1. The molecule has 0 unspecified atom stereocenters. The van der Waals surface area contributed by atoms with Crippen molar-refractivity contribution in [2.45, 2.75) is 6.61 Å². The van der Waals surface area contributed by atoms with Crippen molar-refractivity contribution in [2.24, 2.45) is 0 Å². The van der Waals surface area contributed by atoms with E-state index in [1.807, 2.05) is 42.5 Å². The number of aromatic nitrogens is 5. The van der Waals surface area contributed by atoms with Gasteiger partial charge in [0.25, 0.3) is 0 Å². The summed E-state index contributed by atoms with van der Waals surface area (Å²) in [5, 5.41) is 13.2. The highest BCUT2D eigenvalue weighted by molar-refractivity contribution is 6.29. The van der Waals surface area contributed by atoms with Crippen LogP contribution in [0.4, 0.5) is 0 Å². The highest BCUT2D eigenvalue weighted by atomic mass is 35.5. The fourth-order valence-corrected chi connectivity index (χ4v) is 2.47. The second-order valence-electron chi connectivity index (χ2n) is 5.07. The van der Waals surface area contributed by atoms with Gasteiger partial charge in [-0.05, 0) is 18.2 Å². The monoisotopic (exact) mass is 337 g/mol. The first-order valence-corrected chi connectivity index (χ1v) is 7.68. The van der Waals surface area contributed by atoms with Crippen LogP contribution in [0.1, 0.15) is 5.82 Å². The number of hydrogen-bond donors (Lipinski definition) is 0. The first-order valence-electron chi connectivity index (χ1n) is 7.31. The van der Waals surface area contributed by atoms with E-state index in [0.29, 0.717) is 22.4 Å². The third-order valence-corrected chi connectivity index (χ3v) is 3.67. The van der Waals surface area contributed by atoms with Crippen LogP contribution in [0.25, 0.3) is 16.9 Å². The highest BCUT2D eigenvalue weighted by Crippen LogP contribution is 2.18. The molecule has 0 spiro atoms. The van der Waals surface area contributed by atoms with Crippen molar-refractivity contribution in [1.82, 2.24) is 24.8 Å². The summed E-state index contributed by atoms with van der Waals surface area (Å²) in [5.74, 6) is 1.22. The van der Waals surface area contributed by atoms with Crippen molar-refractivity contribution in [3.8, 4) is 17.0 Å². The summed E-state index contributed by atoms with van der Waals surface area (Å²) < 4.78 is 7.38. The van der Waals surface area contributed by atoms with Crippen LogP contribution in [0.3, 0.4) is 0 Å². The van der Waals surface area contributed by atoms with Gasteiger partial charge < -0.3 is 4.74 Å². The summed E-state index contributed by atoms with van der Waals surface area (Å²) in [4.78, 5) is 3.92. The number of rotatable bonds is 4. The summed E-state index contributed by atoms with van der Waals surface area (Å²) in [6.45, 7) is 0.229. The zero-order valence-electron chi connectivity index (χ0n) is 12.5. The Morgan fingerprint density at radius 2 is 1.88 bits per heavy atom. The predicted octanol–water partition coefficient (Wildman–Crippen LogP) is 3.42. The third-order valence-electron chi connectivity index (χ3n) is 3.46. The lowest BCUT2D eigenvalue weighted by Gasteiger charge is -2.05. The Morgan fingerprint density at radius 1 is 1.00 bits per heavy atom. The second-order valence-corrected chi connectivity index (χ2v) is 5.46. The second kappa shape index (κ2) is 6.25. The molecule has 0 aliphatic rings. The Kier molecular flexibility index (Phi) is 3.80. The van der Waals surface area contributed by atoms with E-state index in [2.05, 4.69) is 20.3 Å². The molecule has 7 heteroatoms. The van der Waals surface area contributed by atoms with Crippen LogP contribution in [0.5, 0.6) is 5.75 Å². The maximum absolute atomic E-state index is 5.85. The van der Waals surface area contributed by atoms with Gasteiger partial charge in [-0.15, -0.1) is 10.2 Å². The molecule has 4 rings (SSSR count). The van der Waals surface area contributed by atoms with Crippen molar-refractivity contribution in [3.63, 3.8) is 0 Å². The van der Waals surface area contributed by atoms with Crippen molar-refractivity contribution < 1.29 is 4.74 Å². The fraction of sp³-hybridized carbons (Fsp3) is 0.0588. The van der Waals surface area contributed by atoms with Crippen molar-refractivity contribution in [1.29, 1.82) is 0 Å². The van der Waals surface area contributed by atoms with Crippen LogP contribution in [-0.2, 0) is 6.61 Å². The highest BCUT2D eigenvalue weighted by Gasteiger charge is 2.09. The molecule has 0 atom stereocenters. The van der Waals surface area contributed by atoms with Gasteiger partial charge in [-0.25, -0.2) is 4.98 Å². The molecule has 0 radical (unpaired) electrons. The van der Waals surface area contributed by atoms with Gasteiger partial charge in [0.2, 0.25) is 0 Å². The lowest BCUT2D eigenvalue weighted by atomic mass is 10.1. The smallest absolute Gasteiger partial charge is 0.192 e. The zero-order valence-corrected chi connectivity index (χ0v) is 13.3. The minimum absolute atomic E-state index is 0.229. The van der Waals surface area contributed by atoms with Crippen LogP contribution in [-0.4, -0.2) is 24.8 Å². The molecule has 118 valence electrons. The Hall–Kier alpha value is -2.99. The van der Waals surface area contributed by atoms with Crippen LogP contribution in [0.15, 0.2) is 60.8 Å². The van der Waals surface area contributed by atoms with E-state index >= 15 is 0 Å². The Morgan fingerprint density at radius 3 is 2.71 bits per heavy atom. The summed E-state index contributed by atoms with van der Waals surface area (Å²) in [6.07, 6.45) is 1.59. The molecular weight excluding hydrogens is 326 g/mol.